The van der Waals surface area contributed by atoms with E-state index in [2.05, 4.69) is 21.2 Å². The summed E-state index contributed by atoms with van der Waals surface area (Å²) >= 11 is 3.34. The first-order chi connectivity index (χ1) is 8.91. The van der Waals surface area contributed by atoms with Gasteiger partial charge in [-0.15, -0.1) is 0 Å². The number of nitrogens with one attached hydrogen (secondary N) is 1. The van der Waals surface area contributed by atoms with Crippen LogP contribution >= 0.6 is 15.9 Å². The maximum Gasteiger partial charge on any atom is 0.416 e. The minimum Gasteiger partial charge on any atom is -0.370 e. The second kappa shape index (κ2) is 5.71. The Morgan fingerprint density at radius 3 is 2.79 bits per heavy atom. The monoisotopic (exact) mass is 336 g/mol. The molecule has 1 saturated heterocycles. The summed E-state index contributed by atoms with van der Waals surface area (Å²) in [5.41, 5.74) is 0.0381. The summed E-state index contributed by atoms with van der Waals surface area (Å²) in [6.07, 6.45) is -3.29. The molecule has 0 aromatic heterocycles. The van der Waals surface area contributed by atoms with Crippen LogP contribution in [0.15, 0.2) is 22.7 Å². The summed E-state index contributed by atoms with van der Waals surface area (Å²) in [5.74, 6) is 0.492. The van der Waals surface area contributed by atoms with E-state index < -0.39 is 11.7 Å². The highest BCUT2D eigenvalue weighted by Gasteiger charge is 2.32. The van der Waals surface area contributed by atoms with Crippen molar-refractivity contribution < 1.29 is 13.2 Å². The van der Waals surface area contributed by atoms with E-state index in [-0.39, 0.29) is 0 Å². The average molecular weight is 337 g/mol. The lowest BCUT2D eigenvalue weighted by Crippen LogP contribution is -2.24. The van der Waals surface area contributed by atoms with Crippen molar-refractivity contribution in [1.82, 2.24) is 5.32 Å². The molecular formula is C13H16BrF3N2. The minimum atomic E-state index is -4.29. The first kappa shape index (κ1) is 14.7. The molecule has 0 saturated carbocycles. The van der Waals surface area contributed by atoms with E-state index >= 15 is 0 Å². The van der Waals surface area contributed by atoms with Gasteiger partial charge in [0.1, 0.15) is 0 Å². The van der Waals surface area contributed by atoms with Gasteiger partial charge in [0.05, 0.1) is 11.3 Å². The Morgan fingerprint density at radius 1 is 1.42 bits per heavy atom. The highest BCUT2D eigenvalue weighted by molar-refractivity contribution is 9.10. The number of hydrogen-bond donors (Lipinski definition) is 1. The molecule has 0 aliphatic carbocycles. The molecular weight excluding hydrogens is 321 g/mol. The zero-order valence-electron chi connectivity index (χ0n) is 10.6. The summed E-state index contributed by atoms with van der Waals surface area (Å²) in [7, 11) is 1.89. The number of benzene rings is 1. The predicted molar refractivity (Wildman–Crippen MR) is 73.4 cm³/mol. The smallest absolute Gasteiger partial charge is 0.370 e. The average Bonchev–Trinajstić information content (AvgIpc) is 2.77. The van der Waals surface area contributed by atoms with Crippen molar-refractivity contribution in [3.63, 3.8) is 0 Å². The third-order valence-corrected chi connectivity index (χ3v) is 4.06. The van der Waals surface area contributed by atoms with Crippen LogP contribution in [0.4, 0.5) is 18.9 Å². The number of hydrogen-bond acceptors (Lipinski definition) is 2. The predicted octanol–water partition coefficient (Wildman–Crippen LogP) is 3.51. The van der Waals surface area contributed by atoms with Crippen molar-refractivity contribution in [2.24, 2.45) is 5.92 Å². The largest absolute Gasteiger partial charge is 0.416 e. The number of nitrogens with zero attached hydrogens (tertiary/aromatic N) is 1. The molecule has 1 aliphatic rings. The van der Waals surface area contributed by atoms with Crippen LogP contribution in [0, 0.1) is 5.92 Å². The van der Waals surface area contributed by atoms with Crippen LogP contribution < -0.4 is 10.2 Å². The number of halogens is 4. The summed E-state index contributed by atoms with van der Waals surface area (Å²) < 4.78 is 38.9. The fraction of sp³-hybridized carbons (Fsp3) is 0.538. The van der Waals surface area contributed by atoms with Crippen LogP contribution in [0.25, 0.3) is 0 Å². The van der Waals surface area contributed by atoms with Crippen LogP contribution in [0.1, 0.15) is 12.0 Å². The van der Waals surface area contributed by atoms with Crippen LogP contribution in [0.2, 0.25) is 0 Å². The Kier molecular flexibility index (Phi) is 4.40. The molecule has 1 aromatic carbocycles. The van der Waals surface area contributed by atoms with Gasteiger partial charge in [0.25, 0.3) is 0 Å². The second-order valence-corrected chi connectivity index (χ2v) is 5.68. The number of alkyl halides is 3. The molecule has 106 valence electrons. The van der Waals surface area contributed by atoms with Gasteiger partial charge in [-0.1, -0.05) is 0 Å². The molecule has 2 nitrogen and oxygen atoms in total. The Bertz CT molecular complexity index is 448. The van der Waals surface area contributed by atoms with Gasteiger partial charge < -0.3 is 10.2 Å². The van der Waals surface area contributed by atoms with E-state index in [1.807, 2.05) is 11.9 Å². The lowest BCUT2D eigenvalue weighted by Gasteiger charge is -2.21. The topological polar surface area (TPSA) is 15.3 Å². The van der Waals surface area contributed by atoms with E-state index in [9.17, 15) is 13.2 Å². The summed E-state index contributed by atoms with van der Waals surface area (Å²) in [6.45, 7) is 2.49. The molecule has 1 aliphatic heterocycles. The molecule has 1 heterocycles. The molecule has 1 fully saturated rings. The van der Waals surface area contributed by atoms with Crippen molar-refractivity contribution >= 4 is 21.6 Å². The first-order valence-corrected chi connectivity index (χ1v) is 6.97. The first-order valence-electron chi connectivity index (χ1n) is 6.18. The van der Waals surface area contributed by atoms with Gasteiger partial charge in [-0.25, -0.2) is 0 Å². The summed E-state index contributed by atoms with van der Waals surface area (Å²) in [4.78, 5) is 2.02. The van der Waals surface area contributed by atoms with Crippen molar-refractivity contribution in [3.05, 3.63) is 28.2 Å². The zero-order valence-corrected chi connectivity index (χ0v) is 12.2. The lowest BCUT2D eigenvalue weighted by molar-refractivity contribution is -0.137. The Hall–Kier alpha value is -0.750. The van der Waals surface area contributed by atoms with Gasteiger partial charge in [0.2, 0.25) is 0 Å². The third-order valence-electron chi connectivity index (χ3n) is 3.39. The molecule has 1 unspecified atom stereocenters. The van der Waals surface area contributed by atoms with E-state index in [0.29, 0.717) is 16.1 Å². The summed E-state index contributed by atoms with van der Waals surface area (Å²) in [5, 5.41) is 3.11. The lowest BCUT2D eigenvalue weighted by atomic mass is 10.1. The fourth-order valence-corrected chi connectivity index (χ4v) is 2.94. The van der Waals surface area contributed by atoms with Crippen molar-refractivity contribution in [1.29, 1.82) is 0 Å². The number of anilines is 1. The summed E-state index contributed by atoms with van der Waals surface area (Å²) in [6, 6.07) is 3.81. The van der Waals surface area contributed by atoms with E-state index in [1.54, 1.807) is 0 Å². The standard InChI is InChI=1S/C13H16BrF3N2/c1-18-7-9-4-5-19(8-9)12-6-10(13(15,16)17)2-3-11(12)14/h2-3,6,9,18H,4-5,7-8H2,1H3. The molecule has 0 spiro atoms. The van der Waals surface area contributed by atoms with Gasteiger partial charge in [-0.3, -0.25) is 0 Å². The Balaban J connectivity index is 2.20. The van der Waals surface area contributed by atoms with E-state index in [4.69, 9.17) is 0 Å². The van der Waals surface area contributed by atoms with Crippen LogP contribution in [0.3, 0.4) is 0 Å². The van der Waals surface area contributed by atoms with Gasteiger partial charge in [0.15, 0.2) is 0 Å². The maximum atomic E-state index is 12.7. The molecule has 2 rings (SSSR count). The highest BCUT2D eigenvalue weighted by atomic mass is 79.9. The zero-order chi connectivity index (χ0) is 14.0. The Labute approximate surface area is 119 Å². The molecule has 1 aromatic rings. The molecule has 19 heavy (non-hydrogen) atoms. The fourth-order valence-electron chi connectivity index (χ4n) is 2.44. The minimum absolute atomic E-state index is 0.492. The van der Waals surface area contributed by atoms with Gasteiger partial charge >= 0.3 is 6.18 Å². The molecule has 0 amide bonds. The van der Waals surface area contributed by atoms with Crippen molar-refractivity contribution in [2.75, 3.05) is 31.6 Å². The van der Waals surface area contributed by atoms with Crippen LogP contribution in [0.5, 0.6) is 0 Å². The van der Waals surface area contributed by atoms with Crippen LogP contribution in [-0.2, 0) is 6.18 Å². The molecule has 0 bridgehead atoms. The maximum absolute atomic E-state index is 12.7. The molecule has 6 heteroatoms. The quantitative estimate of drug-likeness (QED) is 0.908. The second-order valence-electron chi connectivity index (χ2n) is 4.82. The van der Waals surface area contributed by atoms with E-state index in [1.165, 1.54) is 12.1 Å². The molecule has 1 atom stereocenters. The van der Waals surface area contributed by atoms with Gasteiger partial charge in [-0.2, -0.15) is 13.2 Å². The number of rotatable bonds is 3. The SMILES string of the molecule is CNCC1CCN(c2cc(C(F)(F)F)ccc2Br)C1. The van der Waals surface area contributed by atoms with Gasteiger partial charge in [0, 0.05) is 17.6 Å². The van der Waals surface area contributed by atoms with E-state index in [0.717, 1.165) is 32.1 Å². The highest BCUT2D eigenvalue weighted by Crippen LogP contribution is 2.37. The Morgan fingerprint density at radius 2 is 2.16 bits per heavy atom. The normalized spacial score (nSPS) is 20.1. The molecule has 0 radical (unpaired) electrons. The van der Waals surface area contributed by atoms with Crippen molar-refractivity contribution in [2.45, 2.75) is 12.6 Å². The van der Waals surface area contributed by atoms with Crippen LogP contribution in [-0.4, -0.2) is 26.7 Å². The van der Waals surface area contributed by atoms with Crippen molar-refractivity contribution in [3.8, 4) is 0 Å². The van der Waals surface area contributed by atoms with Gasteiger partial charge in [-0.05, 0) is 60.1 Å². The molecule has 1 N–H and O–H groups in total. The third kappa shape index (κ3) is 3.42.